The lowest BCUT2D eigenvalue weighted by Gasteiger charge is -2.17. The number of aliphatic hydroxyl groups is 1. The molecular formula is C13H16Cl2N2O3. The Kier molecular flexibility index (Phi) is 6.26. The van der Waals surface area contributed by atoms with Gasteiger partial charge in [-0.15, -0.1) is 0 Å². The van der Waals surface area contributed by atoms with E-state index in [9.17, 15) is 9.59 Å². The largest absolute Gasteiger partial charge is 0.393 e. The normalized spacial score (nSPS) is 11.8. The Bertz CT molecular complexity index is 486. The van der Waals surface area contributed by atoms with Crippen molar-refractivity contribution in [2.45, 2.75) is 19.4 Å². The number of benzene rings is 1. The number of carbonyl (C=O) groups excluding carboxylic acids is 2. The molecule has 0 fully saturated rings. The van der Waals surface area contributed by atoms with Crippen molar-refractivity contribution in [2.24, 2.45) is 0 Å². The Morgan fingerprint density at radius 1 is 1.30 bits per heavy atom. The standard InChI is InChI=1S/C13H16Cl2N2O3/c1-8(18)3-4-17(2)13(20)12(19)16-11-6-9(14)5-10(15)7-11/h5-8,18H,3-4H2,1-2H3,(H,16,19). The molecule has 0 aromatic heterocycles. The Morgan fingerprint density at radius 2 is 1.85 bits per heavy atom. The molecule has 0 bridgehead atoms. The Balaban J connectivity index is 2.63. The summed E-state index contributed by atoms with van der Waals surface area (Å²) in [7, 11) is 1.50. The quantitative estimate of drug-likeness (QED) is 0.836. The Labute approximate surface area is 127 Å². The van der Waals surface area contributed by atoms with Crippen LogP contribution >= 0.6 is 23.2 Å². The van der Waals surface area contributed by atoms with E-state index in [1.807, 2.05) is 0 Å². The van der Waals surface area contributed by atoms with Gasteiger partial charge in [0.2, 0.25) is 0 Å². The van der Waals surface area contributed by atoms with Crippen molar-refractivity contribution in [1.82, 2.24) is 4.90 Å². The van der Waals surface area contributed by atoms with E-state index in [1.54, 1.807) is 6.92 Å². The number of carbonyl (C=O) groups is 2. The van der Waals surface area contributed by atoms with E-state index in [0.717, 1.165) is 0 Å². The number of amides is 2. The number of nitrogens with zero attached hydrogens (tertiary/aromatic N) is 1. The fourth-order valence-electron chi connectivity index (χ4n) is 1.47. The molecule has 1 atom stereocenters. The fourth-order valence-corrected chi connectivity index (χ4v) is 1.99. The summed E-state index contributed by atoms with van der Waals surface area (Å²) in [5, 5.41) is 12.3. The number of rotatable bonds is 4. The van der Waals surface area contributed by atoms with Crippen molar-refractivity contribution < 1.29 is 14.7 Å². The highest BCUT2D eigenvalue weighted by Crippen LogP contribution is 2.22. The molecule has 1 rings (SSSR count). The zero-order valence-corrected chi connectivity index (χ0v) is 12.7. The maximum Gasteiger partial charge on any atom is 0.313 e. The minimum absolute atomic E-state index is 0.292. The molecule has 0 radical (unpaired) electrons. The van der Waals surface area contributed by atoms with E-state index >= 15 is 0 Å². The van der Waals surface area contributed by atoms with Crippen LogP contribution in [-0.4, -0.2) is 41.5 Å². The molecular weight excluding hydrogens is 303 g/mol. The van der Waals surface area contributed by atoms with Gasteiger partial charge in [0.1, 0.15) is 0 Å². The van der Waals surface area contributed by atoms with Crippen LogP contribution in [0.25, 0.3) is 0 Å². The van der Waals surface area contributed by atoms with Gasteiger partial charge in [-0.3, -0.25) is 9.59 Å². The minimum Gasteiger partial charge on any atom is -0.393 e. The Hall–Kier alpha value is -1.30. The van der Waals surface area contributed by atoms with Crippen LogP contribution in [0.1, 0.15) is 13.3 Å². The summed E-state index contributed by atoms with van der Waals surface area (Å²) in [5.41, 5.74) is 0.352. The average molecular weight is 319 g/mol. The van der Waals surface area contributed by atoms with E-state index in [0.29, 0.717) is 28.7 Å². The van der Waals surface area contributed by atoms with Crippen LogP contribution in [0.2, 0.25) is 10.0 Å². The molecule has 2 amide bonds. The van der Waals surface area contributed by atoms with Gasteiger partial charge in [-0.2, -0.15) is 0 Å². The molecule has 5 nitrogen and oxygen atoms in total. The van der Waals surface area contributed by atoms with Crippen molar-refractivity contribution in [2.75, 3.05) is 18.9 Å². The number of hydrogen-bond donors (Lipinski definition) is 2. The molecule has 1 aromatic carbocycles. The van der Waals surface area contributed by atoms with Crippen LogP contribution in [0.15, 0.2) is 18.2 Å². The second-order valence-corrected chi connectivity index (χ2v) is 5.35. The third kappa shape index (κ3) is 5.36. The summed E-state index contributed by atoms with van der Waals surface area (Å²) in [4.78, 5) is 24.8. The third-order valence-corrected chi connectivity index (χ3v) is 2.98. The molecule has 0 spiro atoms. The molecule has 0 saturated heterocycles. The Morgan fingerprint density at radius 3 is 2.35 bits per heavy atom. The van der Waals surface area contributed by atoms with Gasteiger partial charge in [0.05, 0.1) is 6.10 Å². The van der Waals surface area contributed by atoms with Gasteiger partial charge in [-0.05, 0) is 31.5 Å². The minimum atomic E-state index is -0.781. The van der Waals surface area contributed by atoms with Crippen LogP contribution < -0.4 is 5.32 Å². The lowest BCUT2D eigenvalue weighted by molar-refractivity contribution is -0.142. The van der Waals surface area contributed by atoms with Gasteiger partial charge in [0.25, 0.3) is 0 Å². The molecule has 0 aliphatic heterocycles. The van der Waals surface area contributed by atoms with Crippen molar-refractivity contribution in [3.8, 4) is 0 Å². The van der Waals surface area contributed by atoms with E-state index < -0.39 is 17.9 Å². The summed E-state index contributed by atoms with van der Waals surface area (Å²) in [6.07, 6.45) is -0.126. The highest BCUT2D eigenvalue weighted by Gasteiger charge is 2.19. The van der Waals surface area contributed by atoms with Gasteiger partial charge in [0.15, 0.2) is 0 Å². The number of aliphatic hydroxyl groups excluding tert-OH is 1. The molecule has 1 unspecified atom stereocenters. The monoisotopic (exact) mass is 318 g/mol. The van der Waals surface area contributed by atoms with Gasteiger partial charge in [-0.25, -0.2) is 0 Å². The summed E-state index contributed by atoms with van der Waals surface area (Å²) in [6.45, 7) is 1.91. The molecule has 0 aliphatic rings. The van der Waals surface area contributed by atoms with Gasteiger partial charge < -0.3 is 15.3 Å². The molecule has 1 aromatic rings. The van der Waals surface area contributed by atoms with E-state index in [1.165, 1.54) is 30.1 Å². The fraction of sp³-hybridized carbons (Fsp3) is 0.385. The first-order valence-corrected chi connectivity index (χ1v) is 6.76. The van der Waals surface area contributed by atoms with Gasteiger partial charge >= 0.3 is 11.8 Å². The maximum absolute atomic E-state index is 11.8. The van der Waals surface area contributed by atoms with Crippen molar-refractivity contribution in [3.05, 3.63) is 28.2 Å². The first-order valence-electron chi connectivity index (χ1n) is 6.00. The SMILES string of the molecule is CC(O)CCN(C)C(=O)C(=O)Nc1cc(Cl)cc(Cl)c1. The number of anilines is 1. The number of hydrogen-bond acceptors (Lipinski definition) is 3. The molecule has 7 heteroatoms. The maximum atomic E-state index is 11.8. The first kappa shape index (κ1) is 16.8. The number of halogens is 2. The lowest BCUT2D eigenvalue weighted by Crippen LogP contribution is -2.38. The predicted octanol–water partition coefficient (Wildman–Crippen LogP) is 2.16. The average Bonchev–Trinajstić information content (AvgIpc) is 2.33. The van der Waals surface area contributed by atoms with Gasteiger partial charge in [0, 0.05) is 29.3 Å². The van der Waals surface area contributed by atoms with Crippen molar-refractivity contribution >= 4 is 40.7 Å². The molecule has 20 heavy (non-hydrogen) atoms. The smallest absolute Gasteiger partial charge is 0.313 e. The van der Waals surface area contributed by atoms with E-state index in [4.69, 9.17) is 28.3 Å². The van der Waals surface area contributed by atoms with Gasteiger partial charge in [-0.1, -0.05) is 23.2 Å². The molecule has 0 saturated carbocycles. The van der Waals surface area contributed by atoms with Crippen molar-refractivity contribution in [1.29, 1.82) is 0 Å². The lowest BCUT2D eigenvalue weighted by atomic mass is 10.2. The summed E-state index contributed by atoms with van der Waals surface area (Å²) in [5.74, 6) is -1.47. The second kappa shape index (κ2) is 7.47. The van der Waals surface area contributed by atoms with Crippen LogP contribution in [-0.2, 0) is 9.59 Å². The van der Waals surface area contributed by atoms with Crippen molar-refractivity contribution in [3.63, 3.8) is 0 Å². The molecule has 2 N–H and O–H groups in total. The number of likely N-dealkylation sites (N-methyl/N-ethyl adjacent to an activating group) is 1. The number of nitrogens with one attached hydrogen (secondary N) is 1. The zero-order valence-electron chi connectivity index (χ0n) is 11.2. The highest BCUT2D eigenvalue weighted by atomic mass is 35.5. The van der Waals surface area contributed by atoms with Crippen LogP contribution in [0.4, 0.5) is 5.69 Å². The second-order valence-electron chi connectivity index (χ2n) is 4.48. The highest BCUT2D eigenvalue weighted by molar-refractivity contribution is 6.40. The summed E-state index contributed by atoms with van der Waals surface area (Å²) in [6, 6.07) is 4.51. The third-order valence-electron chi connectivity index (χ3n) is 2.54. The topological polar surface area (TPSA) is 69.6 Å². The van der Waals surface area contributed by atoms with E-state index in [-0.39, 0.29) is 0 Å². The molecule has 0 aliphatic carbocycles. The molecule has 0 heterocycles. The van der Waals surface area contributed by atoms with E-state index in [2.05, 4.69) is 5.32 Å². The predicted molar refractivity (Wildman–Crippen MR) is 79.0 cm³/mol. The summed E-state index contributed by atoms with van der Waals surface area (Å²) < 4.78 is 0. The first-order chi connectivity index (χ1) is 9.29. The van der Waals surface area contributed by atoms with Crippen LogP contribution in [0.3, 0.4) is 0 Å². The molecule has 110 valence electrons. The zero-order chi connectivity index (χ0) is 15.3. The van der Waals surface area contributed by atoms with Crippen LogP contribution in [0, 0.1) is 0 Å². The van der Waals surface area contributed by atoms with Crippen LogP contribution in [0.5, 0.6) is 0 Å². The summed E-state index contributed by atoms with van der Waals surface area (Å²) >= 11 is 11.6.